The molecule has 0 bridgehead atoms. The Balaban J connectivity index is 1.70. The molecule has 1 saturated heterocycles. The van der Waals surface area contributed by atoms with Crippen molar-refractivity contribution in [2.45, 2.75) is 32.2 Å². The molecule has 0 amide bonds. The minimum atomic E-state index is 0.641. The lowest BCUT2D eigenvalue weighted by molar-refractivity contribution is 0.605. The third-order valence-corrected chi connectivity index (χ3v) is 4.78. The van der Waals surface area contributed by atoms with Gasteiger partial charge in [-0.2, -0.15) is 0 Å². The summed E-state index contributed by atoms with van der Waals surface area (Å²) in [5.74, 6) is 0. The average molecular weight is 290 g/mol. The first-order valence-electron chi connectivity index (χ1n) is 8.20. The van der Waals surface area contributed by atoms with Gasteiger partial charge in [-0.1, -0.05) is 35.9 Å². The molecule has 1 aliphatic rings. The largest absolute Gasteiger partial charge is 0.361 e. The van der Waals surface area contributed by atoms with E-state index in [1.165, 1.54) is 52.5 Å². The highest BCUT2D eigenvalue weighted by Crippen LogP contribution is 2.28. The number of rotatable bonds is 3. The van der Waals surface area contributed by atoms with Crippen molar-refractivity contribution in [2.75, 3.05) is 6.54 Å². The lowest BCUT2D eigenvalue weighted by Crippen LogP contribution is -2.23. The standard InChI is InChI=1S/C20H22N2/c1-14-4-6-15(7-5-14)16-8-9-20-19(12-16)17(13-22-20)11-18-3-2-10-21-18/h4-9,12-13,18,21-22H,2-3,10-11H2,1H3/t18-/m1/s1. The van der Waals surface area contributed by atoms with Gasteiger partial charge in [0.2, 0.25) is 0 Å². The van der Waals surface area contributed by atoms with Gasteiger partial charge in [0.15, 0.2) is 0 Å². The summed E-state index contributed by atoms with van der Waals surface area (Å²) in [7, 11) is 0. The number of aromatic amines is 1. The van der Waals surface area contributed by atoms with Crippen LogP contribution in [0.2, 0.25) is 0 Å². The fourth-order valence-electron chi connectivity index (χ4n) is 3.47. The van der Waals surface area contributed by atoms with Gasteiger partial charge in [-0.25, -0.2) is 0 Å². The molecule has 22 heavy (non-hydrogen) atoms. The summed E-state index contributed by atoms with van der Waals surface area (Å²) in [5, 5.41) is 4.97. The molecule has 1 aromatic heterocycles. The summed E-state index contributed by atoms with van der Waals surface area (Å²) in [6.07, 6.45) is 5.91. The highest BCUT2D eigenvalue weighted by Gasteiger charge is 2.16. The zero-order valence-corrected chi connectivity index (χ0v) is 13.0. The Hall–Kier alpha value is -2.06. The van der Waals surface area contributed by atoms with Crippen LogP contribution in [0.1, 0.15) is 24.0 Å². The third-order valence-electron chi connectivity index (χ3n) is 4.78. The Morgan fingerprint density at radius 3 is 2.64 bits per heavy atom. The van der Waals surface area contributed by atoms with Crippen molar-refractivity contribution < 1.29 is 0 Å². The first-order chi connectivity index (χ1) is 10.8. The fraction of sp³-hybridized carbons (Fsp3) is 0.300. The number of aryl methyl sites for hydroxylation is 1. The van der Waals surface area contributed by atoms with Crippen molar-refractivity contribution in [3.8, 4) is 11.1 Å². The van der Waals surface area contributed by atoms with Gasteiger partial charge in [-0.15, -0.1) is 0 Å². The number of nitrogens with one attached hydrogen (secondary N) is 2. The summed E-state index contributed by atoms with van der Waals surface area (Å²) in [6, 6.07) is 16.2. The van der Waals surface area contributed by atoms with E-state index in [2.05, 4.69) is 65.9 Å². The second-order valence-corrected chi connectivity index (χ2v) is 6.44. The molecule has 2 aromatic carbocycles. The lowest BCUT2D eigenvalue weighted by atomic mass is 9.99. The van der Waals surface area contributed by atoms with Crippen LogP contribution in [-0.2, 0) is 6.42 Å². The van der Waals surface area contributed by atoms with Gasteiger partial charge >= 0.3 is 0 Å². The highest BCUT2D eigenvalue weighted by atomic mass is 14.9. The zero-order chi connectivity index (χ0) is 14.9. The summed E-state index contributed by atoms with van der Waals surface area (Å²) in [5.41, 5.74) is 6.57. The topological polar surface area (TPSA) is 27.8 Å². The van der Waals surface area contributed by atoms with Crippen LogP contribution >= 0.6 is 0 Å². The van der Waals surface area contributed by atoms with E-state index in [0.717, 1.165) is 6.42 Å². The quantitative estimate of drug-likeness (QED) is 0.733. The van der Waals surface area contributed by atoms with Crippen molar-refractivity contribution in [3.05, 3.63) is 59.8 Å². The van der Waals surface area contributed by atoms with Crippen LogP contribution in [0.25, 0.3) is 22.0 Å². The normalized spacial score (nSPS) is 18.1. The van der Waals surface area contributed by atoms with Crippen molar-refractivity contribution >= 4 is 10.9 Å². The second-order valence-electron chi connectivity index (χ2n) is 6.44. The lowest BCUT2D eigenvalue weighted by Gasteiger charge is -2.09. The molecule has 2 heterocycles. The smallest absolute Gasteiger partial charge is 0.0457 e. The number of hydrogen-bond acceptors (Lipinski definition) is 1. The van der Waals surface area contributed by atoms with Crippen molar-refractivity contribution in [3.63, 3.8) is 0 Å². The van der Waals surface area contributed by atoms with E-state index in [9.17, 15) is 0 Å². The van der Waals surface area contributed by atoms with Gasteiger partial charge in [-0.05, 0) is 61.6 Å². The zero-order valence-electron chi connectivity index (χ0n) is 13.0. The molecule has 2 nitrogen and oxygen atoms in total. The Morgan fingerprint density at radius 2 is 1.86 bits per heavy atom. The monoisotopic (exact) mass is 290 g/mol. The maximum absolute atomic E-state index is 3.60. The van der Waals surface area contributed by atoms with Gasteiger partial charge in [-0.3, -0.25) is 0 Å². The first kappa shape index (κ1) is 13.6. The Labute approximate surface area is 131 Å². The number of benzene rings is 2. The maximum atomic E-state index is 3.60. The number of fused-ring (bicyclic) bond motifs is 1. The van der Waals surface area contributed by atoms with Crippen LogP contribution in [0.4, 0.5) is 0 Å². The number of H-pyrrole nitrogens is 1. The van der Waals surface area contributed by atoms with Crippen LogP contribution < -0.4 is 5.32 Å². The van der Waals surface area contributed by atoms with E-state index in [0.29, 0.717) is 6.04 Å². The average Bonchev–Trinajstić information content (AvgIpc) is 3.18. The Morgan fingerprint density at radius 1 is 1.05 bits per heavy atom. The Bertz CT molecular complexity index is 777. The van der Waals surface area contributed by atoms with Crippen LogP contribution in [0.3, 0.4) is 0 Å². The molecule has 112 valence electrons. The van der Waals surface area contributed by atoms with E-state index in [4.69, 9.17) is 0 Å². The fourth-order valence-corrected chi connectivity index (χ4v) is 3.47. The molecule has 0 radical (unpaired) electrons. The molecular weight excluding hydrogens is 268 g/mol. The Kier molecular flexibility index (Phi) is 3.47. The molecule has 0 saturated carbocycles. The van der Waals surface area contributed by atoms with Gasteiger partial charge in [0.25, 0.3) is 0 Å². The summed E-state index contributed by atoms with van der Waals surface area (Å²) >= 11 is 0. The summed E-state index contributed by atoms with van der Waals surface area (Å²) in [6.45, 7) is 3.30. The molecule has 0 aliphatic carbocycles. The molecule has 4 rings (SSSR count). The molecule has 1 fully saturated rings. The molecule has 1 aliphatic heterocycles. The van der Waals surface area contributed by atoms with E-state index < -0.39 is 0 Å². The molecule has 0 unspecified atom stereocenters. The highest BCUT2D eigenvalue weighted by molar-refractivity contribution is 5.88. The summed E-state index contributed by atoms with van der Waals surface area (Å²) < 4.78 is 0. The van der Waals surface area contributed by atoms with Crippen LogP contribution in [0, 0.1) is 6.92 Å². The van der Waals surface area contributed by atoms with E-state index in [1.54, 1.807) is 0 Å². The maximum Gasteiger partial charge on any atom is 0.0457 e. The van der Waals surface area contributed by atoms with Gasteiger partial charge < -0.3 is 10.3 Å². The first-order valence-corrected chi connectivity index (χ1v) is 8.20. The molecule has 3 aromatic rings. The second kappa shape index (κ2) is 5.62. The molecule has 2 N–H and O–H groups in total. The van der Waals surface area contributed by atoms with Gasteiger partial charge in [0.1, 0.15) is 0 Å². The predicted molar refractivity (Wildman–Crippen MR) is 93.2 cm³/mol. The molecule has 0 spiro atoms. The van der Waals surface area contributed by atoms with Gasteiger partial charge in [0, 0.05) is 23.1 Å². The van der Waals surface area contributed by atoms with Crippen LogP contribution in [-0.4, -0.2) is 17.6 Å². The number of aromatic nitrogens is 1. The SMILES string of the molecule is Cc1ccc(-c2ccc3[nH]cc(C[C@H]4CCCN4)c3c2)cc1. The number of hydrogen-bond donors (Lipinski definition) is 2. The van der Waals surface area contributed by atoms with E-state index in [-0.39, 0.29) is 0 Å². The van der Waals surface area contributed by atoms with Crippen molar-refractivity contribution in [1.82, 2.24) is 10.3 Å². The van der Waals surface area contributed by atoms with Crippen molar-refractivity contribution in [1.29, 1.82) is 0 Å². The predicted octanol–water partition coefficient (Wildman–Crippen LogP) is 4.44. The van der Waals surface area contributed by atoms with Crippen LogP contribution in [0.15, 0.2) is 48.7 Å². The minimum Gasteiger partial charge on any atom is -0.361 e. The summed E-state index contributed by atoms with van der Waals surface area (Å²) in [4.78, 5) is 3.42. The van der Waals surface area contributed by atoms with Crippen LogP contribution in [0.5, 0.6) is 0 Å². The van der Waals surface area contributed by atoms with E-state index in [1.807, 2.05) is 0 Å². The van der Waals surface area contributed by atoms with Gasteiger partial charge in [0.05, 0.1) is 0 Å². The molecular formula is C20H22N2. The molecule has 2 heteroatoms. The van der Waals surface area contributed by atoms with Crippen molar-refractivity contribution in [2.24, 2.45) is 0 Å². The third kappa shape index (κ3) is 2.55. The minimum absolute atomic E-state index is 0.641. The van der Waals surface area contributed by atoms with E-state index >= 15 is 0 Å². The molecule has 1 atom stereocenters.